The number of carbonyl (C=O) groups is 1. The second kappa shape index (κ2) is 8.51. The molecule has 0 amide bonds. The van der Waals surface area contributed by atoms with Crippen molar-refractivity contribution in [3.63, 3.8) is 0 Å². The standard InChI is InChI=1S/C28H24O5/c1-30-22-15-19(16-23(31-2)27(22)32-3)24-25-20-12-8-7-9-17(20)13-14-21(25)33-28(24)26(29)18-10-5-4-6-11-18/h4-16,24,28H,1-3H3/t24-,28+/m0/s1. The number of hydrogen-bond acceptors (Lipinski definition) is 5. The van der Waals surface area contributed by atoms with Gasteiger partial charge in [-0.25, -0.2) is 0 Å². The summed E-state index contributed by atoms with van der Waals surface area (Å²) in [4.78, 5) is 13.7. The smallest absolute Gasteiger partial charge is 0.204 e. The Bertz CT molecular complexity index is 1300. The number of ketones is 1. The maximum atomic E-state index is 13.7. The van der Waals surface area contributed by atoms with Crippen molar-refractivity contribution in [2.75, 3.05) is 21.3 Å². The second-order valence-corrected chi connectivity index (χ2v) is 7.90. The van der Waals surface area contributed by atoms with Crippen molar-refractivity contribution in [3.8, 4) is 23.0 Å². The van der Waals surface area contributed by atoms with Gasteiger partial charge in [0.1, 0.15) is 5.75 Å². The lowest BCUT2D eigenvalue weighted by Crippen LogP contribution is -2.30. The van der Waals surface area contributed by atoms with Gasteiger partial charge in [0.25, 0.3) is 0 Å². The summed E-state index contributed by atoms with van der Waals surface area (Å²) in [5.41, 5.74) is 2.45. The van der Waals surface area contributed by atoms with Gasteiger partial charge in [0.2, 0.25) is 11.5 Å². The van der Waals surface area contributed by atoms with Gasteiger partial charge in [-0.2, -0.15) is 0 Å². The fourth-order valence-corrected chi connectivity index (χ4v) is 4.65. The molecule has 0 aromatic heterocycles. The third kappa shape index (κ3) is 3.46. The van der Waals surface area contributed by atoms with Gasteiger partial charge >= 0.3 is 0 Å². The van der Waals surface area contributed by atoms with E-state index in [1.165, 1.54) is 0 Å². The minimum Gasteiger partial charge on any atom is -0.493 e. The monoisotopic (exact) mass is 440 g/mol. The van der Waals surface area contributed by atoms with E-state index in [2.05, 4.69) is 12.1 Å². The molecule has 2 atom stereocenters. The first kappa shape index (κ1) is 20.9. The molecule has 4 aromatic carbocycles. The zero-order chi connectivity index (χ0) is 22.9. The molecule has 0 saturated heterocycles. The maximum Gasteiger partial charge on any atom is 0.204 e. The van der Waals surface area contributed by atoms with Gasteiger partial charge in [0.15, 0.2) is 17.6 Å². The van der Waals surface area contributed by atoms with Crippen LogP contribution in [0.4, 0.5) is 0 Å². The van der Waals surface area contributed by atoms with E-state index in [1.807, 2.05) is 66.7 Å². The minimum atomic E-state index is -0.726. The van der Waals surface area contributed by atoms with Crippen LogP contribution < -0.4 is 18.9 Å². The van der Waals surface area contributed by atoms with E-state index >= 15 is 0 Å². The largest absolute Gasteiger partial charge is 0.493 e. The summed E-state index contributed by atoms with van der Waals surface area (Å²) < 4.78 is 23.1. The lowest BCUT2D eigenvalue weighted by Gasteiger charge is -2.22. The summed E-state index contributed by atoms with van der Waals surface area (Å²) in [5.74, 6) is 1.86. The van der Waals surface area contributed by atoms with E-state index in [0.717, 1.165) is 21.9 Å². The van der Waals surface area contributed by atoms with E-state index < -0.39 is 6.10 Å². The molecule has 166 valence electrons. The third-order valence-corrected chi connectivity index (χ3v) is 6.16. The van der Waals surface area contributed by atoms with Crippen LogP contribution in [0, 0.1) is 0 Å². The molecule has 0 N–H and O–H groups in total. The van der Waals surface area contributed by atoms with E-state index in [9.17, 15) is 4.79 Å². The Labute approximate surface area is 192 Å². The van der Waals surface area contributed by atoms with Crippen molar-refractivity contribution in [1.29, 1.82) is 0 Å². The number of fused-ring (bicyclic) bond motifs is 3. The Balaban J connectivity index is 1.75. The Kier molecular flexibility index (Phi) is 5.38. The van der Waals surface area contributed by atoms with Gasteiger partial charge in [-0.15, -0.1) is 0 Å². The molecular formula is C28H24O5. The van der Waals surface area contributed by atoms with Crippen LogP contribution in [0.5, 0.6) is 23.0 Å². The van der Waals surface area contributed by atoms with Crippen LogP contribution in [0.3, 0.4) is 0 Å². The lowest BCUT2D eigenvalue weighted by molar-refractivity contribution is 0.0806. The molecule has 0 fully saturated rings. The molecule has 1 aliphatic rings. The molecule has 0 bridgehead atoms. The third-order valence-electron chi connectivity index (χ3n) is 6.16. The highest BCUT2D eigenvalue weighted by Crippen LogP contribution is 2.50. The quantitative estimate of drug-likeness (QED) is 0.363. The first-order chi connectivity index (χ1) is 16.2. The van der Waals surface area contributed by atoms with Crippen LogP contribution in [0.15, 0.2) is 78.9 Å². The highest BCUT2D eigenvalue weighted by atomic mass is 16.5. The molecule has 4 aromatic rings. The molecule has 1 heterocycles. The Hall–Kier alpha value is -3.99. The summed E-state index contributed by atoms with van der Waals surface area (Å²) in [7, 11) is 4.74. The van der Waals surface area contributed by atoms with Gasteiger partial charge in [0, 0.05) is 11.1 Å². The van der Waals surface area contributed by atoms with Crippen molar-refractivity contribution < 1.29 is 23.7 Å². The van der Waals surface area contributed by atoms with Crippen LogP contribution in [0.1, 0.15) is 27.4 Å². The van der Waals surface area contributed by atoms with Crippen LogP contribution in [0.2, 0.25) is 0 Å². The highest BCUT2D eigenvalue weighted by Gasteiger charge is 2.42. The SMILES string of the molecule is COc1cc([C@H]2c3c(ccc4ccccc34)O[C@H]2C(=O)c2ccccc2)cc(OC)c1OC. The summed E-state index contributed by atoms with van der Waals surface area (Å²) in [6.45, 7) is 0. The zero-order valence-electron chi connectivity index (χ0n) is 18.7. The van der Waals surface area contributed by atoms with Gasteiger partial charge in [-0.1, -0.05) is 60.7 Å². The molecule has 0 aliphatic carbocycles. The maximum absolute atomic E-state index is 13.7. The fraction of sp³-hybridized carbons (Fsp3) is 0.179. The molecule has 0 spiro atoms. The fourth-order valence-electron chi connectivity index (χ4n) is 4.65. The van der Waals surface area contributed by atoms with E-state index in [4.69, 9.17) is 18.9 Å². The highest BCUT2D eigenvalue weighted by molar-refractivity contribution is 6.02. The topological polar surface area (TPSA) is 54.0 Å². The normalized spacial score (nSPS) is 16.7. The molecule has 1 aliphatic heterocycles. The number of ether oxygens (including phenoxy) is 4. The first-order valence-corrected chi connectivity index (χ1v) is 10.7. The Morgan fingerprint density at radius 1 is 0.788 bits per heavy atom. The number of rotatable bonds is 6. The summed E-state index contributed by atoms with van der Waals surface area (Å²) >= 11 is 0. The van der Waals surface area contributed by atoms with Crippen molar-refractivity contribution in [1.82, 2.24) is 0 Å². The van der Waals surface area contributed by atoms with Crippen LogP contribution in [-0.2, 0) is 0 Å². The summed E-state index contributed by atoms with van der Waals surface area (Å²) in [6, 6.07) is 25.2. The molecule has 0 radical (unpaired) electrons. The van der Waals surface area contributed by atoms with E-state index in [0.29, 0.717) is 28.6 Å². The van der Waals surface area contributed by atoms with Crippen LogP contribution in [0.25, 0.3) is 10.8 Å². The molecule has 33 heavy (non-hydrogen) atoms. The lowest BCUT2D eigenvalue weighted by atomic mass is 9.82. The number of benzene rings is 4. The number of Topliss-reactive ketones (excluding diaryl/α,β-unsaturated/α-hetero) is 1. The number of methoxy groups -OCH3 is 3. The predicted molar refractivity (Wildman–Crippen MR) is 127 cm³/mol. The van der Waals surface area contributed by atoms with Crippen LogP contribution >= 0.6 is 0 Å². The van der Waals surface area contributed by atoms with Crippen molar-refractivity contribution in [2.24, 2.45) is 0 Å². The molecule has 5 rings (SSSR count). The molecular weight excluding hydrogens is 416 g/mol. The average molecular weight is 440 g/mol. The van der Waals surface area contributed by atoms with Gasteiger partial charge < -0.3 is 18.9 Å². The molecule has 0 saturated carbocycles. The average Bonchev–Trinajstić information content (AvgIpc) is 3.28. The molecule has 0 unspecified atom stereocenters. The van der Waals surface area contributed by atoms with Gasteiger partial charge in [0.05, 0.1) is 27.2 Å². The van der Waals surface area contributed by atoms with Gasteiger partial charge in [-0.05, 0) is 34.5 Å². The minimum absolute atomic E-state index is 0.0744. The zero-order valence-corrected chi connectivity index (χ0v) is 18.7. The van der Waals surface area contributed by atoms with Crippen molar-refractivity contribution in [2.45, 2.75) is 12.0 Å². The van der Waals surface area contributed by atoms with E-state index in [-0.39, 0.29) is 11.7 Å². The van der Waals surface area contributed by atoms with Crippen molar-refractivity contribution in [3.05, 3.63) is 95.6 Å². The molecule has 5 nitrogen and oxygen atoms in total. The van der Waals surface area contributed by atoms with Gasteiger partial charge in [-0.3, -0.25) is 4.79 Å². The number of hydrogen-bond donors (Lipinski definition) is 0. The van der Waals surface area contributed by atoms with E-state index in [1.54, 1.807) is 21.3 Å². The van der Waals surface area contributed by atoms with Crippen molar-refractivity contribution >= 4 is 16.6 Å². The van der Waals surface area contributed by atoms with Crippen LogP contribution in [-0.4, -0.2) is 33.2 Å². The predicted octanol–water partition coefficient (Wildman–Crippen LogP) is 5.64. The second-order valence-electron chi connectivity index (χ2n) is 7.90. The summed E-state index contributed by atoms with van der Waals surface area (Å²) in [6.07, 6.45) is -0.726. The first-order valence-electron chi connectivity index (χ1n) is 10.7. The number of carbonyl (C=O) groups excluding carboxylic acids is 1. The Morgan fingerprint density at radius 3 is 2.12 bits per heavy atom. The molecule has 5 heteroatoms. The Morgan fingerprint density at radius 2 is 1.45 bits per heavy atom. The summed E-state index contributed by atoms with van der Waals surface area (Å²) in [5, 5.41) is 2.14.